The van der Waals surface area contributed by atoms with Crippen LogP contribution >= 0.6 is 0 Å². The van der Waals surface area contributed by atoms with E-state index >= 15 is 0 Å². The van der Waals surface area contributed by atoms with E-state index in [0.717, 1.165) is 19.3 Å². The summed E-state index contributed by atoms with van der Waals surface area (Å²) in [4.78, 5) is 24.1. The standard InChI is InChI=1S/C20H26N2O4/c1-15(2)12-25-17-8-6-16(7-9-17)19(24)26-13-18(23)22-20(14-21)10-4-3-5-11-20/h6-9,15H,3-5,10-13H2,1-2H3,(H,22,23). The summed E-state index contributed by atoms with van der Waals surface area (Å²) >= 11 is 0. The van der Waals surface area contributed by atoms with Crippen LogP contribution in [0, 0.1) is 17.2 Å². The van der Waals surface area contributed by atoms with E-state index in [9.17, 15) is 14.9 Å². The highest BCUT2D eigenvalue weighted by molar-refractivity contribution is 5.91. The van der Waals surface area contributed by atoms with Crippen molar-refractivity contribution in [3.63, 3.8) is 0 Å². The molecule has 6 heteroatoms. The maximum absolute atomic E-state index is 12.1. The van der Waals surface area contributed by atoms with Gasteiger partial charge < -0.3 is 14.8 Å². The van der Waals surface area contributed by atoms with Gasteiger partial charge in [0.25, 0.3) is 5.91 Å². The fourth-order valence-electron chi connectivity index (χ4n) is 2.89. The number of esters is 1. The van der Waals surface area contributed by atoms with E-state index in [1.807, 2.05) is 0 Å². The Hall–Kier alpha value is -2.55. The second kappa shape index (κ2) is 9.23. The van der Waals surface area contributed by atoms with Gasteiger partial charge in [0, 0.05) is 0 Å². The number of ether oxygens (including phenoxy) is 2. The van der Waals surface area contributed by atoms with Crippen molar-refractivity contribution in [1.82, 2.24) is 5.32 Å². The van der Waals surface area contributed by atoms with E-state index in [0.29, 0.717) is 36.7 Å². The van der Waals surface area contributed by atoms with Crippen molar-refractivity contribution in [2.24, 2.45) is 5.92 Å². The molecule has 0 aromatic heterocycles. The molecule has 2 rings (SSSR count). The summed E-state index contributed by atoms with van der Waals surface area (Å²) in [5.41, 5.74) is -0.473. The zero-order valence-corrected chi connectivity index (χ0v) is 15.4. The minimum Gasteiger partial charge on any atom is -0.493 e. The Morgan fingerprint density at radius 3 is 2.42 bits per heavy atom. The molecule has 0 atom stereocenters. The number of benzene rings is 1. The number of carbonyl (C=O) groups excluding carboxylic acids is 2. The number of rotatable bonds is 7. The first-order valence-corrected chi connectivity index (χ1v) is 9.06. The summed E-state index contributed by atoms with van der Waals surface area (Å²) in [6.45, 7) is 4.32. The minimum absolute atomic E-state index is 0.349. The van der Waals surface area contributed by atoms with Gasteiger partial charge in [-0.1, -0.05) is 33.1 Å². The van der Waals surface area contributed by atoms with Crippen molar-refractivity contribution in [1.29, 1.82) is 5.26 Å². The number of hydrogen-bond donors (Lipinski definition) is 1. The van der Waals surface area contributed by atoms with E-state index in [1.54, 1.807) is 24.3 Å². The first-order valence-electron chi connectivity index (χ1n) is 9.06. The van der Waals surface area contributed by atoms with Crippen LogP contribution in [0.25, 0.3) is 0 Å². The van der Waals surface area contributed by atoms with E-state index in [-0.39, 0.29) is 0 Å². The van der Waals surface area contributed by atoms with Gasteiger partial charge >= 0.3 is 5.97 Å². The highest BCUT2D eigenvalue weighted by atomic mass is 16.5. The zero-order chi connectivity index (χ0) is 19.0. The summed E-state index contributed by atoms with van der Waals surface area (Å²) in [5, 5.41) is 12.1. The Morgan fingerprint density at radius 2 is 1.85 bits per heavy atom. The van der Waals surface area contributed by atoms with Gasteiger partial charge in [0.05, 0.1) is 18.2 Å². The van der Waals surface area contributed by atoms with Gasteiger partial charge in [-0.05, 0) is 43.0 Å². The van der Waals surface area contributed by atoms with Gasteiger partial charge in [-0.15, -0.1) is 0 Å². The lowest BCUT2D eigenvalue weighted by Crippen LogP contribution is -2.50. The molecule has 1 N–H and O–H groups in total. The molecule has 6 nitrogen and oxygen atoms in total. The lowest BCUT2D eigenvalue weighted by molar-refractivity contribution is -0.125. The van der Waals surface area contributed by atoms with Crippen molar-refractivity contribution in [3.8, 4) is 11.8 Å². The molecule has 1 aliphatic rings. The maximum atomic E-state index is 12.1. The molecule has 1 fully saturated rings. The van der Waals surface area contributed by atoms with Crippen molar-refractivity contribution in [3.05, 3.63) is 29.8 Å². The van der Waals surface area contributed by atoms with Gasteiger partial charge in [0.2, 0.25) is 0 Å². The summed E-state index contributed by atoms with van der Waals surface area (Å²) in [6.07, 6.45) is 4.19. The first-order chi connectivity index (χ1) is 12.4. The van der Waals surface area contributed by atoms with Crippen molar-refractivity contribution in [2.75, 3.05) is 13.2 Å². The number of amides is 1. The average Bonchev–Trinajstić information content (AvgIpc) is 2.65. The van der Waals surface area contributed by atoms with Crippen LogP contribution in [0.4, 0.5) is 0 Å². The molecule has 0 saturated heterocycles. The molecule has 26 heavy (non-hydrogen) atoms. The third kappa shape index (κ3) is 5.76. The summed E-state index contributed by atoms with van der Waals surface area (Å²) in [7, 11) is 0. The smallest absolute Gasteiger partial charge is 0.338 e. The number of nitrogens with one attached hydrogen (secondary N) is 1. The molecular formula is C20H26N2O4. The molecule has 0 spiro atoms. The van der Waals surface area contributed by atoms with Crippen molar-refractivity contribution in [2.45, 2.75) is 51.5 Å². The number of hydrogen-bond acceptors (Lipinski definition) is 5. The Balaban J connectivity index is 1.82. The highest BCUT2D eigenvalue weighted by Gasteiger charge is 2.33. The van der Waals surface area contributed by atoms with Crippen LogP contribution in [-0.4, -0.2) is 30.6 Å². The van der Waals surface area contributed by atoms with E-state index in [1.165, 1.54) is 0 Å². The molecule has 0 unspecified atom stereocenters. The monoisotopic (exact) mass is 358 g/mol. The summed E-state index contributed by atoms with van der Waals surface area (Å²) in [5.74, 6) is 0.0733. The van der Waals surface area contributed by atoms with E-state index < -0.39 is 24.0 Å². The summed E-state index contributed by atoms with van der Waals surface area (Å²) in [6, 6.07) is 8.82. The van der Waals surface area contributed by atoms with Crippen LogP contribution in [0.15, 0.2) is 24.3 Å². The largest absolute Gasteiger partial charge is 0.493 e. The quantitative estimate of drug-likeness (QED) is 0.756. The van der Waals surface area contributed by atoms with Crippen LogP contribution in [-0.2, 0) is 9.53 Å². The third-order valence-corrected chi connectivity index (χ3v) is 4.31. The van der Waals surface area contributed by atoms with Crippen LogP contribution in [0.2, 0.25) is 0 Å². The fraction of sp³-hybridized carbons (Fsp3) is 0.550. The minimum atomic E-state index is -0.822. The molecule has 1 saturated carbocycles. The van der Waals surface area contributed by atoms with Crippen molar-refractivity contribution >= 4 is 11.9 Å². The Morgan fingerprint density at radius 1 is 1.19 bits per heavy atom. The maximum Gasteiger partial charge on any atom is 0.338 e. The molecular weight excluding hydrogens is 332 g/mol. The topological polar surface area (TPSA) is 88.4 Å². The number of carbonyl (C=O) groups is 2. The van der Waals surface area contributed by atoms with E-state index in [2.05, 4.69) is 25.2 Å². The fourth-order valence-corrected chi connectivity index (χ4v) is 2.89. The van der Waals surface area contributed by atoms with Gasteiger partial charge in [-0.25, -0.2) is 4.79 Å². The second-order valence-corrected chi connectivity index (χ2v) is 7.11. The summed E-state index contributed by atoms with van der Waals surface area (Å²) < 4.78 is 10.6. The van der Waals surface area contributed by atoms with Crippen LogP contribution in [0.3, 0.4) is 0 Å². The first kappa shape index (κ1) is 19.8. The molecule has 0 heterocycles. The molecule has 1 amide bonds. The Kier molecular flexibility index (Phi) is 7.02. The predicted molar refractivity (Wildman–Crippen MR) is 96.6 cm³/mol. The number of nitrogens with zero attached hydrogens (tertiary/aromatic N) is 1. The Bertz CT molecular complexity index is 655. The lowest BCUT2D eigenvalue weighted by atomic mass is 9.83. The molecule has 0 aliphatic heterocycles. The van der Waals surface area contributed by atoms with Gasteiger partial charge in [-0.2, -0.15) is 5.26 Å². The van der Waals surface area contributed by atoms with Crippen LogP contribution < -0.4 is 10.1 Å². The van der Waals surface area contributed by atoms with Crippen molar-refractivity contribution < 1.29 is 19.1 Å². The lowest BCUT2D eigenvalue weighted by Gasteiger charge is -2.31. The van der Waals surface area contributed by atoms with E-state index in [4.69, 9.17) is 9.47 Å². The third-order valence-electron chi connectivity index (χ3n) is 4.31. The number of nitriles is 1. The SMILES string of the molecule is CC(C)COc1ccc(C(=O)OCC(=O)NC2(C#N)CCCCC2)cc1. The van der Waals surface area contributed by atoms with Crippen LogP contribution in [0.5, 0.6) is 5.75 Å². The molecule has 0 radical (unpaired) electrons. The van der Waals surface area contributed by atoms with Gasteiger partial charge in [0.1, 0.15) is 11.3 Å². The molecule has 140 valence electrons. The van der Waals surface area contributed by atoms with Gasteiger partial charge in [0.15, 0.2) is 6.61 Å². The average molecular weight is 358 g/mol. The predicted octanol–water partition coefficient (Wildman–Crippen LogP) is 3.22. The van der Waals surface area contributed by atoms with Gasteiger partial charge in [-0.3, -0.25) is 4.79 Å². The second-order valence-electron chi connectivity index (χ2n) is 7.11. The zero-order valence-electron chi connectivity index (χ0n) is 15.4. The molecule has 0 bridgehead atoms. The van der Waals surface area contributed by atoms with Crippen LogP contribution in [0.1, 0.15) is 56.3 Å². The normalized spacial score (nSPS) is 15.8. The highest BCUT2D eigenvalue weighted by Crippen LogP contribution is 2.27. The molecule has 1 aromatic rings. The Labute approximate surface area is 154 Å². The molecule has 1 aliphatic carbocycles. The molecule has 1 aromatic carbocycles.